The van der Waals surface area contributed by atoms with Gasteiger partial charge in [0.2, 0.25) is 0 Å². The van der Waals surface area contributed by atoms with Gasteiger partial charge in [0.25, 0.3) is 17.7 Å². The average molecular weight is 540 g/mol. The Morgan fingerprint density at radius 1 is 1.14 bits per heavy atom. The molecule has 0 atom stereocenters. The molecule has 3 aromatic carbocycles. The van der Waals surface area contributed by atoms with Crippen LogP contribution < -0.4 is 25.0 Å². The number of thiocarbonyl (C=S) groups is 1. The molecular formula is C26H19ClFN3O5S. The van der Waals surface area contributed by atoms with Gasteiger partial charge < -0.3 is 14.8 Å². The lowest BCUT2D eigenvalue weighted by Crippen LogP contribution is -2.54. The molecule has 1 fully saturated rings. The Morgan fingerprint density at radius 2 is 1.84 bits per heavy atom. The molecule has 11 heteroatoms. The molecule has 3 amide bonds. The van der Waals surface area contributed by atoms with Gasteiger partial charge in [0, 0.05) is 5.69 Å². The van der Waals surface area contributed by atoms with Crippen LogP contribution in [-0.2, 0) is 14.4 Å². The van der Waals surface area contributed by atoms with Crippen LogP contribution in [0, 0.1) is 5.82 Å². The lowest BCUT2D eigenvalue weighted by atomic mass is 10.1. The SMILES string of the molecule is COc1cc(/C=C2/C(=O)NC(=S)N(c3ccccc3)C2=O)cc(Cl)c1OCC(=O)Nc1ccc(F)cc1. The molecule has 0 aromatic heterocycles. The quantitative estimate of drug-likeness (QED) is 0.263. The maximum Gasteiger partial charge on any atom is 0.270 e. The second-order valence-electron chi connectivity index (χ2n) is 7.67. The number of benzene rings is 3. The molecule has 0 spiro atoms. The number of methoxy groups -OCH3 is 1. The maximum absolute atomic E-state index is 13.2. The van der Waals surface area contributed by atoms with Crippen LogP contribution in [0.4, 0.5) is 15.8 Å². The van der Waals surface area contributed by atoms with E-state index in [0.29, 0.717) is 16.9 Å². The van der Waals surface area contributed by atoms with Crippen LogP contribution in [0.15, 0.2) is 72.3 Å². The number of carbonyl (C=O) groups is 3. The second kappa shape index (κ2) is 11.2. The molecule has 1 aliphatic heterocycles. The van der Waals surface area contributed by atoms with Crippen LogP contribution in [0.25, 0.3) is 6.08 Å². The van der Waals surface area contributed by atoms with Gasteiger partial charge in [-0.1, -0.05) is 29.8 Å². The summed E-state index contributed by atoms with van der Waals surface area (Å²) >= 11 is 11.6. The van der Waals surface area contributed by atoms with Gasteiger partial charge >= 0.3 is 0 Å². The first kappa shape index (κ1) is 25.8. The summed E-state index contributed by atoms with van der Waals surface area (Å²) < 4.78 is 23.9. The fourth-order valence-corrected chi connectivity index (χ4v) is 4.02. The molecule has 0 unspecified atom stereocenters. The third-order valence-corrected chi connectivity index (χ3v) is 5.72. The Morgan fingerprint density at radius 3 is 2.51 bits per heavy atom. The topological polar surface area (TPSA) is 97.0 Å². The highest BCUT2D eigenvalue weighted by Crippen LogP contribution is 2.37. The summed E-state index contributed by atoms with van der Waals surface area (Å²) in [7, 11) is 1.38. The molecule has 0 radical (unpaired) electrons. The van der Waals surface area contributed by atoms with E-state index in [4.69, 9.17) is 33.3 Å². The van der Waals surface area contributed by atoms with Gasteiger partial charge in [0.05, 0.1) is 17.8 Å². The van der Waals surface area contributed by atoms with Crippen molar-refractivity contribution in [3.05, 3.63) is 88.7 Å². The van der Waals surface area contributed by atoms with Gasteiger partial charge in [-0.2, -0.15) is 0 Å². The molecule has 2 N–H and O–H groups in total. The van der Waals surface area contributed by atoms with Gasteiger partial charge in [-0.25, -0.2) is 4.39 Å². The van der Waals surface area contributed by atoms with Gasteiger partial charge in [0.15, 0.2) is 23.2 Å². The summed E-state index contributed by atoms with van der Waals surface area (Å²) in [6.45, 7) is -0.404. The molecule has 0 saturated carbocycles. The van der Waals surface area contributed by atoms with Crippen LogP contribution in [0.2, 0.25) is 5.02 Å². The Hall–Kier alpha value is -4.28. The largest absolute Gasteiger partial charge is 0.493 e. The number of amides is 3. The van der Waals surface area contributed by atoms with Crippen LogP contribution in [-0.4, -0.2) is 36.6 Å². The molecule has 37 heavy (non-hydrogen) atoms. The van der Waals surface area contributed by atoms with Crippen molar-refractivity contribution in [2.75, 3.05) is 23.9 Å². The van der Waals surface area contributed by atoms with Gasteiger partial charge in [-0.15, -0.1) is 0 Å². The Kier molecular flexibility index (Phi) is 7.80. The summed E-state index contributed by atoms with van der Waals surface area (Å²) in [5, 5.41) is 5.14. The highest BCUT2D eigenvalue weighted by molar-refractivity contribution is 7.80. The highest BCUT2D eigenvalue weighted by atomic mass is 35.5. The molecule has 1 heterocycles. The fraction of sp³-hybridized carbons (Fsp3) is 0.0769. The van der Waals surface area contributed by atoms with Crippen molar-refractivity contribution in [3.63, 3.8) is 0 Å². The summed E-state index contributed by atoms with van der Waals surface area (Å²) in [4.78, 5) is 39.2. The van der Waals surface area contributed by atoms with E-state index < -0.39 is 30.1 Å². The normalized spacial score (nSPS) is 14.4. The van der Waals surface area contributed by atoms with Crippen LogP contribution in [0.1, 0.15) is 5.56 Å². The number of para-hydroxylation sites is 1. The maximum atomic E-state index is 13.2. The standard InChI is InChI=1S/C26H19ClFN3O5S/c1-35-21-13-15(11-19-24(33)30-26(37)31(25(19)34)18-5-3-2-4-6-18)12-20(27)23(21)36-14-22(32)29-17-9-7-16(28)8-10-17/h2-13H,14H2,1H3,(H,29,32)(H,30,33,37)/b19-11-. The summed E-state index contributed by atoms with van der Waals surface area (Å²) in [6, 6.07) is 16.9. The number of nitrogens with zero attached hydrogens (tertiary/aromatic N) is 1. The monoisotopic (exact) mass is 539 g/mol. The van der Waals surface area contributed by atoms with E-state index in [2.05, 4.69) is 10.6 Å². The van der Waals surface area contributed by atoms with Gasteiger partial charge in [-0.3, -0.25) is 24.6 Å². The van der Waals surface area contributed by atoms with Crippen molar-refractivity contribution in [2.45, 2.75) is 0 Å². The molecule has 188 valence electrons. The van der Waals surface area contributed by atoms with E-state index in [9.17, 15) is 18.8 Å². The van der Waals surface area contributed by atoms with Crippen molar-refractivity contribution in [3.8, 4) is 11.5 Å². The number of hydrogen-bond acceptors (Lipinski definition) is 6. The number of halogens is 2. The van der Waals surface area contributed by atoms with E-state index in [0.717, 1.165) is 0 Å². The zero-order chi connectivity index (χ0) is 26.5. The first-order chi connectivity index (χ1) is 17.8. The number of rotatable bonds is 7. The smallest absolute Gasteiger partial charge is 0.270 e. The predicted octanol–water partition coefficient (Wildman–Crippen LogP) is 4.34. The summed E-state index contributed by atoms with van der Waals surface area (Å²) in [5.74, 6) is -1.93. The van der Waals surface area contributed by atoms with Gasteiger partial charge in [0.1, 0.15) is 11.4 Å². The fourth-order valence-electron chi connectivity index (χ4n) is 3.47. The zero-order valence-electron chi connectivity index (χ0n) is 19.3. The van der Waals surface area contributed by atoms with Crippen LogP contribution >= 0.6 is 23.8 Å². The van der Waals surface area contributed by atoms with Crippen molar-refractivity contribution >= 4 is 64.1 Å². The second-order valence-corrected chi connectivity index (χ2v) is 8.47. The number of hydrogen-bond donors (Lipinski definition) is 2. The summed E-state index contributed by atoms with van der Waals surface area (Å²) in [6.07, 6.45) is 1.36. The third-order valence-electron chi connectivity index (χ3n) is 5.15. The Bertz CT molecular complexity index is 1410. The number of nitrogens with one attached hydrogen (secondary N) is 2. The van der Waals surface area contributed by atoms with Crippen molar-refractivity contribution < 1.29 is 28.2 Å². The molecule has 1 saturated heterocycles. The Labute approximate surface area is 221 Å². The number of anilines is 2. The molecule has 0 aliphatic carbocycles. The van der Waals surface area contributed by atoms with E-state index in [1.807, 2.05) is 0 Å². The number of ether oxygens (including phenoxy) is 2. The average Bonchev–Trinajstić information content (AvgIpc) is 2.87. The lowest BCUT2D eigenvalue weighted by molar-refractivity contribution is -0.122. The first-order valence-corrected chi connectivity index (χ1v) is 11.6. The summed E-state index contributed by atoms with van der Waals surface area (Å²) in [5.41, 5.74) is 1.11. The van der Waals surface area contributed by atoms with Crippen LogP contribution in [0.5, 0.6) is 11.5 Å². The van der Waals surface area contributed by atoms with Crippen molar-refractivity contribution in [2.24, 2.45) is 0 Å². The minimum absolute atomic E-state index is 0.0309. The molecule has 8 nitrogen and oxygen atoms in total. The molecule has 0 bridgehead atoms. The molecule has 1 aliphatic rings. The minimum Gasteiger partial charge on any atom is -0.493 e. The molecule has 4 rings (SSSR count). The molecule has 3 aromatic rings. The van der Waals surface area contributed by atoms with E-state index in [1.165, 1.54) is 54.5 Å². The van der Waals surface area contributed by atoms with Crippen molar-refractivity contribution in [1.29, 1.82) is 0 Å². The third kappa shape index (κ3) is 5.93. The van der Waals surface area contributed by atoms with Crippen molar-refractivity contribution in [1.82, 2.24) is 5.32 Å². The zero-order valence-corrected chi connectivity index (χ0v) is 20.9. The minimum atomic E-state index is -0.657. The first-order valence-electron chi connectivity index (χ1n) is 10.8. The Balaban J connectivity index is 1.54. The van der Waals surface area contributed by atoms with Crippen LogP contribution in [0.3, 0.4) is 0 Å². The lowest BCUT2D eigenvalue weighted by Gasteiger charge is -2.28. The van der Waals surface area contributed by atoms with Gasteiger partial charge in [-0.05, 0) is 72.4 Å². The van der Waals surface area contributed by atoms with E-state index in [-0.39, 0.29) is 27.2 Å². The predicted molar refractivity (Wildman–Crippen MR) is 141 cm³/mol. The van der Waals surface area contributed by atoms with E-state index in [1.54, 1.807) is 30.3 Å². The highest BCUT2D eigenvalue weighted by Gasteiger charge is 2.34. The van der Waals surface area contributed by atoms with E-state index >= 15 is 0 Å². The molecular weight excluding hydrogens is 521 g/mol. The number of carbonyl (C=O) groups excluding carboxylic acids is 3.